The van der Waals surface area contributed by atoms with E-state index in [-0.39, 0.29) is 10.6 Å². The summed E-state index contributed by atoms with van der Waals surface area (Å²) in [5.74, 6) is -0.469. The number of carbonyl (C=O) groups excluding carboxylic acids is 1. The highest BCUT2D eigenvalue weighted by Gasteiger charge is 2.16. The van der Waals surface area contributed by atoms with Gasteiger partial charge < -0.3 is 0 Å². The Labute approximate surface area is 139 Å². The zero-order valence-electron chi connectivity index (χ0n) is 11.5. The van der Waals surface area contributed by atoms with E-state index in [4.69, 9.17) is 5.14 Å². The molecule has 2 N–H and O–H groups in total. The van der Waals surface area contributed by atoms with E-state index in [1.54, 1.807) is 18.2 Å². The molecule has 0 bridgehead atoms. The molecule has 1 aliphatic rings. The van der Waals surface area contributed by atoms with Gasteiger partial charge in [-0.2, -0.15) is 5.11 Å². The van der Waals surface area contributed by atoms with Crippen molar-refractivity contribution in [1.82, 2.24) is 0 Å². The first kappa shape index (κ1) is 15.7. The molecule has 116 valence electrons. The van der Waals surface area contributed by atoms with Gasteiger partial charge in [-0.1, -0.05) is 15.9 Å². The molecule has 0 atom stereocenters. The number of halogens is 1. The molecular weight excluding hydrogens is 384 g/mol. The molecule has 1 heterocycles. The van der Waals surface area contributed by atoms with Gasteiger partial charge in [-0.15, -0.1) is 5.11 Å². The van der Waals surface area contributed by atoms with Crippen molar-refractivity contribution in [3.8, 4) is 0 Å². The first-order chi connectivity index (χ1) is 10.8. The number of hydrogen-bond acceptors (Lipinski definition) is 5. The van der Waals surface area contributed by atoms with Gasteiger partial charge in [0.05, 0.1) is 15.9 Å². The first-order valence-electron chi connectivity index (χ1n) is 6.32. The van der Waals surface area contributed by atoms with Crippen LogP contribution in [0, 0.1) is 0 Å². The SMILES string of the molecule is NS(=O)(=O)c1ccc(N=NC2=c3cc(Br)ccc3=NC2=O)cc1. The van der Waals surface area contributed by atoms with Crippen LogP contribution in [0.2, 0.25) is 0 Å². The second-order valence-electron chi connectivity index (χ2n) is 4.67. The van der Waals surface area contributed by atoms with E-state index in [1.807, 2.05) is 0 Å². The lowest BCUT2D eigenvalue weighted by atomic mass is 10.2. The van der Waals surface area contributed by atoms with Crippen molar-refractivity contribution in [1.29, 1.82) is 0 Å². The predicted octanol–water partition coefficient (Wildman–Crippen LogP) is 1.15. The Morgan fingerprint density at radius 3 is 2.39 bits per heavy atom. The van der Waals surface area contributed by atoms with E-state index in [1.165, 1.54) is 24.3 Å². The van der Waals surface area contributed by atoms with Crippen LogP contribution in [0.4, 0.5) is 5.69 Å². The van der Waals surface area contributed by atoms with Crippen molar-refractivity contribution in [2.24, 2.45) is 20.4 Å². The molecule has 0 saturated carbocycles. The second kappa shape index (κ2) is 5.76. The number of benzene rings is 2. The molecule has 1 amide bonds. The van der Waals surface area contributed by atoms with Crippen LogP contribution in [0.1, 0.15) is 0 Å². The normalized spacial score (nSPS) is 14.2. The van der Waals surface area contributed by atoms with E-state index in [2.05, 4.69) is 31.2 Å². The fraction of sp³-hybridized carbons (Fsp3) is 0. The molecule has 2 aromatic rings. The van der Waals surface area contributed by atoms with Crippen LogP contribution in [0.3, 0.4) is 0 Å². The summed E-state index contributed by atoms with van der Waals surface area (Å²) in [5, 5.41) is 14.0. The highest BCUT2D eigenvalue weighted by molar-refractivity contribution is 9.10. The first-order valence-corrected chi connectivity index (χ1v) is 8.66. The summed E-state index contributed by atoms with van der Waals surface area (Å²) in [6, 6.07) is 10.8. The van der Waals surface area contributed by atoms with Gasteiger partial charge in [0.2, 0.25) is 10.0 Å². The number of sulfonamides is 1. The molecular formula is C14H9BrN4O3S. The zero-order chi connectivity index (χ0) is 16.6. The summed E-state index contributed by atoms with van der Waals surface area (Å²) in [7, 11) is -3.76. The van der Waals surface area contributed by atoms with Gasteiger partial charge in [-0.3, -0.25) is 4.79 Å². The topological polar surface area (TPSA) is 114 Å². The number of hydrogen-bond donors (Lipinski definition) is 1. The summed E-state index contributed by atoms with van der Waals surface area (Å²) < 4.78 is 23.2. The lowest BCUT2D eigenvalue weighted by Gasteiger charge is -1.97. The Bertz CT molecular complexity index is 1060. The summed E-state index contributed by atoms with van der Waals surface area (Å²) >= 11 is 3.33. The molecule has 0 saturated heterocycles. The van der Waals surface area contributed by atoms with Crippen LogP contribution in [-0.2, 0) is 14.8 Å². The van der Waals surface area contributed by atoms with Crippen molar-refractivity contribution in [3.63, 3.8) is 0 Å². The van der Waals surface area contributed by atoms with E-state index in [0.717, 1.165) is 4.47 Å². The van der Waals surface area contributed by atoms with Gasteiger partial charge in [-0.25, -0.2) is 18.5 Å². The van der Waals surface area contributed by atoms with Crippen LogP contribution in [0.15, 0.2) is 67.1 Å². The van der Waals surface area contributed by atoms with E-state index < -0.39 is 15.9 Å². The number of amides is 1. The van der Waals surface area contributed by atoms with Gasteiger partial charge in [0.15, 0.2) is 5.70 Å². The fourth-order valence-corrected chi connectivity index (χ4v) is 2.86. The van der Waals surface area contributed by atoms with E-state index in [0.29, 0.717) is 16.3 Å². The minimum Gasteiger partial charge on any atom is -0.265 e. The summed E-state index contributed by atoms with van der Waals surface area (Å²) in [6.45, 7) is 0. The largest absolute Gasteiger partial charge is 0.298 e. The van der Waals surface area contributed by atoms with E-state index in [9.17, 15) is 13.2 Å². The standard InChI is InChI=1S/C14H9BrN4O3S/c15-8-1-6-12-11(7-8)13(14(20)17-12)19-18-9-2-4-10(5-3-9)23(16,21)22/h1-7H,(H2,16,21,22). The van der Waals surface area contributed by atoms with Crippen LogP contribution in [-0.4, -0.2) is 14.3 Å². The van der Waals surface area contributed by atoms with Gasteiger partial charge in [0.1, 0.15) is 0 Å². The Kier molecular flexibility index (Phi) is 3.92. The number of nitrogens with two attached hydrogens (primary N) is 1. The van der Waals surface area contributed by atoms with Crippen LogP contribution < -0.4 is 15.7 Å². The third kappa shape index (κ3) is 3.26. The number of azo groups is 1. The predicted molar refractivity (Wildman–Crippen MR) is 85.7 cm³/mol. The summed E-state index contributed by atoms with van der Waals surface area (Å²) in [5.41, 5.74) is 0.526. The number of rotatable bonds is 3. The Hall–Kier alpha value is -2.23. The molecule has 7 nitrogen and oxygen atoms in total. The number of primary sulfonamides is 1. The molecule has 0 spiro atoms. The second-order valence-corrected chi connectivity index (χ2v) is 7.14. The molecule has 9 heteroatoms. The molecule has 0 aliphatic carbocycles. The van der Waals surface area contributed by atoms with Crippen molar-refractivity contribution in [3.05, 3.63) is 57.5 Å². The van der Waals surface area contributed by atoms with Crippen molar-refractivity contribution < 1.29 is 13.2 Å². The molecule has 0 radical (unpaired) electrons. The van der Waals surface area contributed by atoms with Gasteiger partial charge in [0, 0.05) is 9.69 Å². The molecule has 23 heavy (non-hydrogen) atoms. The molecule has 0 unspecified atom stereocenters. The van der Waals surface area contributed by atoms with Crippen molar-refractivity contribution in [2.45, 2.75) is 4.90 Å². The van der Waals surface area contributed by atoms with Crippen LogP contribution >= 0.6 is 15.9 Å². The summed E-state index contributed by atoms with van der Waals surface area (Å²) in [6.07, 6.45) is 0. The number of nitrogens with zero attached hydrogens (tertiary/aromatic N) is 3. The maximum atomic E-state index is 11.9. The van der Waals surface area contributed by atoms with Gasteiger partial charge >= 0.3 is 0 Å². The van der Waals surface area contributed by atoms with Gasteiger partial charge in [-0.05, 0) is 42.5 Å². The number of fused-ring (bicyclic) bond motifs is 1. The smallest absolute Gasteiger partial charge is 0.265 e. The molecule has 0 aromatic heterocycles. The highest BCUT2D eigenvalue weighted by Crippen LogP contribution is 2.17. The monoisotopic (exact) mass is 392 g/mol. The van der Waals surface area contributed by atoms with E-state index >= 15 is 0 Å². The third-order valence-electron chi connectivity index (χ3n) is 3.07. The number of carbonyl (C=O) groups is 1. The maximum Gasteiger partial charge on any atom is 0.298 e. The van der Waals surface area contributed by atoms with Crippen molar-refractivity contribution in [2.75, 3.05) is 0 Å². The molecule has 2 aromatic carbocycles. The van der Waals surface area contributed by atoms with Crippen LogP contribution in [0.25, 0.3) is 5.70 Å². The van der Waals surface area contributed by atoms with Crippen molar-refractivity contribution >= 4 is 43.2 Å². The zero-order valence-corrected chi connectivity index (χ0v) is 13.9. The van der Waals surface area contributed by atoms with Crippen LogP contribution in [0.5, 0.6) is 0 Å². The maximum absolute atomic E-state index is 11.9. The minimum absolute atomic E-state index is 0.0228. The minimum atomic E-state index is -3.76. The highest BCUT2D eigenvalue weighted by atomic mass is 79.9. The average molecular weight is 393 g/mol. The third-order valence-corrected chi connectivity index (χ3v) is 4.49. The van der Waals surface area contributed by atoms with Gasteiger partial charge in [0.25, 0.3) is 5.91 Å². The Morgan fingerprint density at radius 1 is 1.04 bits per heavy atom. The quantitative estimate of drug-likeness (QED) is 0.789. The summed E-state index contributed by atoms with van der Waals surface area (Å²) in [4.78, 5) is 15.7. The Balaban J connectivity index is 1.99. The Morgan fingerprint density at radius 2 is 1.74 bits per heavy atom. The lowest BCUT2D eigenvalue weighted by Crippen LogP contribution is -2.22. The lowest BCUT2D eigenvalue weighted by molar-refractivity contribution is -0.112. The molecule has 1 aliphatic heterocycles. The average Bonchev–Trinajstić information content (AvgIpc) is 2.79. The molecule has 3 rings (SSSR count). The fourth-order valence-electron chi connectivity index (χ4n) is 1.98. The molecule has 0 fully saturated rings.